The fourth-order valence-corrected chi connectivity index (χ4v) is 9.43. The summed E-state index contributed by atoms with van der Waals surface area (Å²) in [5, 5.41) is 16.8. The van der Waals surface area contributed by atoms with Crippen molar-refractivity contribution in [3.8, 4) is 11.5 Å². The summed E-state index contributed by atoms with van der Waals surface area (Å²) >= 11 is 0. The van der Waals surface area contributed by atoms with Crippen molar-refractivity contribution in [3.63, 3.8) is 0 Å². The molecular formula is C37H48N2O8Si. The third kappa shape index (κ3) is 5.08. The first-order chi connectivity index (χ1) is 22.6. The highest BCUT2D eigenvalue weighted by atomic mass is 28.4. The number of carbonyl (C=O) groups is 2. The highest BCUT2D eigenvalue weighted by molar-refractivity contribution is 6.74. The van der Waals surface area contributed by atoms with Gasteiger partial charge in [-0.05, 0) is 63.5 Å². The van der Waals surface area contributed by atoms with E-state index in [4.69, 9.17) is 23.5 Å². The van der Waals surface area contributed by atoms with E-state index >= 15 is 4.79 Å². The van der Waals surface area contributed by atoms with Crippen molar-refractivity contribution in [1.29, 1.82) is 0 Å². The van der Waals surface area contributed by atoms with Crippen molar-refractivity contribution in [2.45, 2.75) is 83.0 Å². The zero-order valence-corrected chi connectivity index (χ0v) is 30.7. The third-order valence-electron chi connectivity index (χ3n) is 11.3. The fourth-order valence-electron chi connectivity index (χ4n) is 7.97. The van der Waals surface area contributed by atoms with Crippen LogP contribution < -0.4 is 9.47 Å². The van der Waals surface area contributed by atoms with Gasteiger partial charge in [0.2, 0.25) is 5.90 Å². The zero-order valence-electron chi connectivity index (χ0n) is 29.7. The highest BCUT2D eigenvalue weighted by Gasteiger charge is 2.71. The molecule has 2 aromatic carbocycles. The van der Waals surface area contributed by atoms with Crippen LogP contribution in [-0.4, -0.2) is 81.8 Å². The number of hydrogen-bond donors (Lipinski definition) is 1. The van der Waals surface area contributed by atoms with Gasteiger partial charge < -0.3 is 33.5 Å². The van der Waals surface area contributed by atoms with Crippen molar-refractivity contribution >= 4 is 25.8 Å². The van der Waals surface area contributed by atoms with Crippen LogP contribution in [0.2, 0.25) is 18.1 Å². The Hall–Kier alpha value is -3.67. The molecule has 6 atom stereocenters. The van der Waals surface area contributed by atoms with Gasteiger partial charge in [-0.25, -0.2) is 0 Å². The van der Waals surface area contributed by atoms with Crippen LogP contribution in [0.3, 0.4) is 0 Å². The van der Waals surface area contributed by atoms with E-state index in [0.29, 0.717) is 35.5 Å². The number of likely N-dealkylation sites (N-methyl/N-ethyl adjacent to an activating group) is 1. The second-order valence-corrected chi connectivity index (χ2v) is 20.0. The molecule has 1 aliphatic heterocycles. The molecule has 2 aromatic rings. The van der Waals surface area contributed by atoms with Gasteiger partial charge in [-0.1, -0.05) is 56.3 Å². The molecule has 258 valence electrons. The van der Waals surface area contributed by atoms with Gasteiger partial charge in [-0.15, -0.1) is 0 Å². The zero-order chi connectivity index (χ0) is 34.9. The lowest BCUT2D eigenvalue weighted by Gasteiger charge is -2.57. The molecule has 0 spiro atoms. The summed E-state index contributed by atoms with van der Waals surface area (Å²) in [6, 6.07) is 11.0. The summed E-state index contributed by atoms with van der Waals surface area (Å²) in [6.07, 6.45) is 0.197. The molecule has 1 N–H and O–H groups in total. The number of oxime groups is 1. The Balaban J connectivity index is 1.55. The Bertz CT molecular complexity index is 1690. The molecule has 6 rings (SSSR count). The summed E-state index contributed by atoms with van der Waals surface area (Å²) in [4.78, 5) is 38.2. The minimum atomic E-state index is -2.79. The number of carbonyl (C=O) groups excluding carboxylic acids is 2. The van der Waals surface area contributed by atoms with E-state index < -0.39 is 37.9 Å². The fraction of sp³-hybridized carbons (Fsp3) is 0.541. The van der Waals surface area contributed by atoms with Crippen molar-refractivity contribution in [1.82, 2.24) is 4.90 Å². The monoisotopic (exact) mass is 676 g/mol. The van der Waals surface area contributed by atoms with E-state index in [1.165, 1.54) is 0 Å². The van der Waals surface area contributed by atoms with Crippen molar-refractivity contribution < 1.29 is 38.2 Å². The number of nitrogens with zero attached hydrogens (tertiary/aromatic N) is 2. The normalized spacial score (nSPS) is 28.2. The van der Waals surface area contributed by atoms with Gasteiger partial charge >= 0.3 is 0 Å². The van der Waals surface area contributed by atoms with E-state index in [1.54, 1.807) is 14.2 Å². The minimum absolute atomic E-state index is 0.155. The number of allylic oxidation sites excluding steroid dienone is 1. The van der Waals surface area contributed by atoms with Crippen LogP contribution in [0.5, 0.6) is 11.5 Å². The molecule has 0 saturated heterocycles. The van der Waals surface area contributed by atoms with Crippen LogP contribution in [0.1, 0.15) is 54.2 Å². The van der Waals surface area contributed by atoms with Gasteiger partial charge in [0.1, 0.15) is 29.8 Å². The van der Waals surface area contributed by atoms with Gasteiger partial charge in [0.25, 0.3) is 0 Å². The van der Waals surface area contributed by atoms with Gasteiger partial charge in [0.05, 0.1) is 20.3 Å². The number of ketones is 2. The number of Topliss-reactive ketones (excluding diaryl/α,β-unsaturated/α-hetero) is 2. The Morgan fingerprint density at radius 2 is 1.75 bits per heavy atom. The molecule has 1 saturated carbocycles. The van der Waals surface area contributed by atoms with Crippen molar-refractivity contribution in [3.05, 3.63) is 70.0 Å². The maximum absolute atomic E-state index is 15.4. The summed E-state index contributed by atoms with van der Waals surface area (Å²) < 4.78 is 24.8. The van der Waals surface area contributed by atoms with E-state index in [-0.39, 0.29) is 46.4 Å². The van der Waals surface area contributed by atoms with E-state index in [1.807, 2.05) is 62.3 Å². The van der Waals surface area contributed by atoms with E-state index in [2.05, 4.69) is 39.0 Å². The minimum Gasteiger partial charge on any atom is -0.508 e. The molecule has 0 bridgehead atoms. The van der Waals surface area contributed by atoms with Crippen molar-refractivity contribution in [2.24, 2.45) is 22.9 Å². The molecule has 3 aliphatic carbocycles. The molecule has 0 radical (unpaired) electrons. The first kappa shape index (κ1) is 34.2. The lowest BCUT2D eigenvalue weighted by Crippen LogP contribution is -2.72. The predicted molar refractivity (Wildman–Crippen MR) is 184 cm³/mol. The average Bonchev–Trinajstić information content (AvgIpc) is 3.44. The maximum atomic E-state index is 15.4. The summed E-state index contributed by atoms with van der Waals surface area (Å²) in [6.45, 7) is 12.4. The first-order valence-electron chi connectivity index (χ1n) is 16.6. The topological polar surface area (TPSA) is 116 Å². The largest absolute Gasteiger partial charge is 0.508 e. The summed E-state index contributed by atoms with van der Waals surface area (Å²) in [5.41, 5.74) is 1.20. The summed E-state index contributed by atoms with van der Waals surface area (Å²) in [5.74, 6) is -1.66. The standard InChI is InChI=1S/C37H48N2O8Si/c1-20-25(43-7)18-26(44-8)23-16-22-17-24-30(39(5)6)32-29(35(38-46-32)45-19-21-14-12-11-13-15-21)34(42)37(24,47-48(9,10)36(2,3)4)33(41)28(22)31(40)27(20)23/h11-15,18,22,24,29-30,32,41H,16-17,19H2,1-10H3/t22-,24-,29?,30-,32?,37-/m0/s1. The van der Waals surface area contributed by atoms with Gasteiger partial charge in [0, 0.05) is 34.2 Å². The first-order valence-corrected chi connectivity index (χ1v) is 19.5. The third-order valence-corrected chi connectivity index (χ3v) is 15.8. The van der Waals surface area contributed by atoms with Crippen LogP contribution in [0.25, 0.3) is 0 Å². The quantitative estimate of drug-likeness (QED) is 0.352. The number of benzene rings is 2. The number of fused-ring (bicyclic) bond motifs is 4. The van der Waals surface area contributed by atoms with Crippen LogP contribution >= 0.6 is 0 Å². The van der Waals surface area contributed by atoms with Gasteiger partial charge in [-0.2, -0.15) is 0 Å². The number of methoxy groups -OCH3 is 2. The molecule has 2 unspecified atom stereocenters. The molecule has 0 amide bonds. The maximum Gasteiger partial charge on any atom is 0.240 e. The van der Waals surface area contributed by atoms with Crippen LogP contribution in [0.15, 0.2) is 52.9 Å². The number of rotatable bonds is 7. The lowest BCUT2D eigenvalue weighted by molar-refractivity contribution is -0.170. The van der Waals surface area contributed by atoms with E-state index in [9.17, 15) is 9.90 Å². The Kier molecular flexibility index (Phi) is 8.57. The smallest absolute Gasteiger partial charge is 0.240 e. The second kappa shape index (κ2) is 12.0. The van der Waals surface area contributed by atoms with E-state index in [0.717, 1.165) is 11.1 Å². The van der Waals surface area contributed by atoms with Crippen LogP contribution in [-0.2, 0) is 31.8 Å². The number of hydrogen-bond acceptors (Lipinski definition) is 10. The second-order valence-electron chi connectivity index (χ2n) is 15.3. The Morgan fingerprint density at radius 1 is 1.08 bits per heavy atom. The predicted octanol–water partition coefficient (Wildman–Crippen LogP) is 6.02. The molecule has 1 fully saturated rings. The number of aliphatic hydroxyl groups is 1. The number of ether oxygens (including phenoxy) is 3. The van der Waals surface area contributed by atoms with Crippen LogP contribution in [0.4, 0.5) is 0 Å². The SMILES string of the molecule is COc1cc(OC)c2c(c1C)C(=O)C1=C(O)[C@]3(O[Si](C)(C)C(C)(C)C)C(=O)C4C(OCc5ccccc5)=NOC4[C@@H](N(C)C)[C@@H]3C[C@@H]1C2. The molecule has 4 aliphatic rings. The highest BCUT2D eigenvalue weighted by Crippen LogP contribution is 2.58. The van der Waals surface area contributed by atoms with Gasteiger partial charge in [-0.3, -0.25) is 9.59 Å². The molecule has 11 heteroatoms. The van der Waals surface area contributed by atoms with Gasteiger partial charge in [0.15, 0.2) is 31.6 Å². The molecule has 0 aromatic heterocycles. The molecule has 1 heterocycles. The Morgan fingerprint density at radius 3 is 2.35 bits per heavy atom. The Labute approximate surface area is 284 Å². The number of aliphatic hydroxyl groups excluding tert-OH is 1. The average molecular weight is 677 g/mol. The molecule has 10 nitrogen and oxygen atoms in total. The molecule has 48 heavy (non-hydrogen) atoms. The summed E-state index contributed by atoms with van der Waals surface area (Å²) in [7, 11) is 4.22. The lowest BCUT2D eigenvalue weighted by atomic mass is 9.56. The molecular weight excluding hydrogens is 628 g/mol. The van der Waals surface area contributed by atoms with Crippen molar-refractivity contribution in [2.75, 3.05) is 28.3 Å². The van der Waals surface area contributed by atoms with Crippen LogP contribution in [0, 0.1) is 24.7 Å².